The van der Waals surface area contributed by atoms with Gasteiger partial charge in [-0.25, -0.2) is 0 Å². The number of Topliss-reactive ketones (excluding diaryl/α,β-unsaturated/α-hetero) is 1. The monoisotopic (exact) mass is 206 g/mol. The van der Waals surface area contributed by atoms with Gasteiger partial charge in [-0.1, -0.05) is 0 Å². The zero-order valence-electron chi connectivity index (χ0n) is 7.78. The molecule has 1 unspecified atom stereocenters. The molecule has 1 aliphatic carbocycles. The fourth-order valence-electron chi connectivity index (χ4n) is 1.23. The maximum absolute atomic E-state index is 11.3. The SMILES string of the molecule is CN(C)S(=O)(=O)NC1CCCC1=O. The van der Waals surface area contributed by atoms with Gasteiger partial charge in [0.15, 0.2) is 5.78 Å². The molecular formula is C7H14N2O3S. The Hall–Kier alpha value is -0.460. The third kappa shape index (κ3) is 2.49. The molecule has 0 aromatic rings. The first-order valence-electron chi connectivity index (χ1n) is 4.16. The third-order valence-corrected chi connectivity index (χ3v) is 3.62. The van der Waals surface area contributed by atoms with Gasteiger partial charge in [0, 0.05) is 20.5 Å². The summed E-state index contributed by atoms with van der Waals surface area (Å²) in [4.78, 5) is 11.1. The van der Waals surface area contributed by atoms with Crippen LogP contribution in [0.3, 0.4) is 0 Å². The second-order valence-corrected chi connectivity index (χ2v) is 5.23. The molecule has 0 bridgehead atoms. The topological polar surface area (TPSA) is 66.5 Å². The molecule has 0 spiro atoms. The van der Waals surface area contributed by atoms with Gasteiger partial charge in [-0.3, -0.25) is 4.79 Å². The van der Waals surface area contributed by atoms with Crippen LogP contribution in [0, 0.1) is 0 Å². The van der Waals surface area contributed by atoms with Crippen molar-refractivity contribution in [2.45, 2.75) is 25.3 Å². The lowest BCUT2D eigenvalue weighted by atomic mass is 10.3. The molecule has 0 saturated heterocycles. The van der Waals surface area contributed by atoms with Crippen LogP contribution in [0.5, 0.6) is 0 Å². The van der Waals surface area contributed by atoms with E-state index in [2.05, 4.69) is 4.72 Å². The smallest absolute Gasteiger partial charge is 0.279 e. The predicted molar refractivity (Wildman–Crippen MR) is 48.4 cm³/mol. The average molecular weight is 206 g/mol. The van der Waals surface area contributed by atoms with Gasteiger partial charge in [0.2, 0.25) is 0 Å². The summed E-state index contributed by atoms with van der Waals surface area (Å²) in [5.41, 5.74) is 0. The maximum atomic E-state index is 11.3. The highest BCUT2D eigenvalue weighted by Gasteiger charge is 2.29. The van der Waals surface area contributed by atoms with Crippen LogP contribution < -0.4 is 4.72 Å². The molecule has 13 heavy (non-hydrogen) atoms. The van der Waals surface area contributed by atoms with E-state index in [4.69, 9.17) is 0 Å². The quantitative estimate of drug-likeness (QED) is 0.677. The molecule has 1 rings (SSSR count). The third-order valence-electron chi connectivity index (χ3n) is 2.08. The second kappa shape index (κ2) is 3.73. The van der Waals surface area contributed by atoms with Gasteiger partial charge in [0.25, 0.3) is 10.2 Å². The summed E-state index contributed by atoms with van der Waals surface area (Å²) in [5.74, 6) is -0.00887. The number of carbonyl (C=O) groups excluding carboxylic acids is 1. The van der Waals surface area contributed by atoms with Crippen molar-refractivity contribution >= 4 is 16.0 Å². The molecule has 1 aliphatic rings. The molecule has 0 radical (unpaired) electrons. The largest absolute Gasteiger partial charge is 0.298 e. The van der Waals surface area contributed by atoms with E-state index in [0.29, 0.717) is 12.8 Å². The molecule has 0 amide bonds. The molecule has 0 heterocycles. The Balaban J connectivity index is 2.63. The molecule has 1 saturated carbocycles. The Bertz CT molecular complexity index is 297. The second-order valence-electron chi connectivity index (χ2n) is 3.32. The van der Waals surface area contributed by atoms with Crippen molar-refractivity contribution in [1.29, 1.82) is 0 Å². The summed E-state index contributed by atoms with van der Waals surface area (Å²) in [5, 5.41) is 0. The minimum atomic E-state index is -3.45. The van der Waals surface area contributed by atoms with Gasteiger partial charge in [-0.15, -0.1) is 0 Å². The van der Waals surface area contributed by atoms with Gasteiger partial charge >= 0.3 is 0 Å². The molecular weight excluding hydrogens is 192 g/mol. The van der Waals surface area contributed by atoms with Gasteiger partial charge in [0.05, 0.1) is 6.04 Å². The summed E-state index contributed by atoms with van der Waals surface area (Å²) in [6.45, 7) is 0. The van der Waals surface area contributed by atoms with E-state index >= 15 is 0 Å². The fourth-order valence-corrected chi connectivity index (χ4v) is 2.05. The lowest BCUT2D eigenvalue weighted by Gasteiger charge is -2.15. The summed E-state index contributed by atoms with van der Waals surface area (Å²) in [6.07, 6.45) is 1.88. The minimum Gasteiger partial charge on any atom is -0.298 e. The standard InChI is InChI=1S/C7H14N2O3S/c1-9(2)13(11,12)8-6-4-3-5-7(6)10/h6,8H,3-5H2,1-2H3. The Morgan fingerprint density at radius 1 is 1.46 bits per heavy atom. The van der Waals surface area contributed by atoms with Crippen molar-refractivity contribution in [1.82, 2.24) is 9.03 Å². The van der Waals surface area contributed by atoms with Crippen LogP contribution in [0.1, 0.15) is 19.3 Å². The number of ketones is 1. The van der Waals surface area contributed by atoms with Crippen LogP contribution in [-0.4, -0.2) is 38.6 Å². The summed E-state index contributed by atoms with van der Waals surface area (Å²) in [7, 11) is -0.587. The molecule has 6 heteroatoms. The van der Waals surface area contributed by atoms with Crippen molar-refractivity contribution in [3.8, 4) is 0 Å². The van der Waals surface area contributed by atoms with Crippen LogP contribution in [0.15, 0.2) is 0 Å². The lowest BCUT2D eigenvalue weighted by molar-refractivity contribution is -0.118. The fraction of sp³-hybridized carbons (Fsp3) is 0.857. The molecule has 1 N–H and O–H groups in total. The Labute approximate surface area is 78.3 Å². The summed E-state index contributed by atoms with van der Waals surface area (Å²) < 4.78 is 26.0. The minimum absolute atomic E-state index is 0.00887. The number of hydrogen-bond acceptors (Lipinski definition) is 3. The predicted octanol–water partition coefficient (Wildman–Crippen LogP) is -0.496. The van der Waals surface area contributed by atoms with Crippen LogP contribution >= 0.6 is 0 Å². The van der Waals surface area contributed by atoms with E-state index < -0.39 is 16.3 Å². The molecule has 0 aromatic carbocycles. The number of carbonyl (C=O) groups is 1. The average Bonchev–Trinajstić information content (AvgIpc) is 2.35. The molecule has 0 aliphatic heterocycles. The molecule has 76 valence electrons. The first-order chi connectivity index (χ1) is 5.93. The van der Waals surface area contributed by atoms with Crippen LogP contribution in [0.25, 0.3) is 0 Å². The highest BCUT2D eigenvalue weighted by atomic mass is 32.2. The zero-order chi connectivity index (χ0) is 10.1. The van der Waals surface area contributed by atoms with Gasteiger partial charge < -0.3 is 0 Å². The normalized spacial score (nSPS) is 24.2. The van der Waals surface area contributed by atoms with Crippen molar-refractivity contribution in [2.24, 2.45) is 0 Å². The van der Waals surface area contributed by atoms with Gasteiger partial charge in [0.1, 0.15) is 0 Å². The number of nitrogens with one attached hydrogen (secondary N) is 1. The van der Waals surface area contributed by atoms with E-state index in [1.54, 1.807) is 0 Å². The Kier molecular flexibility index (Phi) is 3.05. The van der Waals surface area contributed by atoms with E-state index in [1.165, 1.54) is 14.1 Å². The van der Waals surface area contributed by atoms with E-state index in [1.807, 2.05) is 0 Å². The van der Waals surface area contributed by atoms with E-state index in [0.717, 1.165) is 10.7 Å². The van der Waals surface area contributed by atoms with Crippen molar-refractivity contribution < 1.29 is 13.2 Å². The van der Waals surface area contributed by atoms with Crippen molar-refractivity contribution in [3.63, 3.8) is 0 Å². The Morgan fingerprint density at radius 2 is 2.08 bits per heavy atom. The van der Waals surface area contributed by atoms with Crippen molar-refractivity contribution in [3.05, 3.63) is 0 Å². The van der Waals surface area contributed by atoms with Crippen LogP contribution in [0.2, 0.25) is 0 Å². The van der Waals surface area contributed by atoms with Crippen molar-refractivity contribution in [2.75, 3.05) is 14.1 Å². The van der Waals surface area contributed by atoms with Gasteiger partial charge in [-0.2, -0.15) is 17.4 Å². The van der Waals surface area contributed by atoms with Crippen LogP contribution in [-0.2, 0) is 15.0 Å². The highest BCUT2D eigenvalue weighted by molar-refractivity contribution is 7.87. The first-order valence-corrected chi connectivity index (χ1v) is 5.60. The number of rotatable bonds is 3. The van der Waals surface area contributed by atoms with Gasteiger partial charge in [-0.05, 0) is 12.8 Å². The van der Waals surface area contributed by atoms with E-state index in [9.17, 15) is 13.2 Å². The zero-order valence-corrected chi connectivity index (χ0v) is 8.60. The van der Waals surface area contributed by atoms with Crippen LogP contribution in [0.4, 0.5) is 0 Å². The number of nitrogens with zero attached hydrogens (tertiary/aromatic N) is 1. The molecule has 0 aromatic heterocycles. The summed E-state index contributed by atoms with van der Waals surface area (Å²) >= 11 is 0. The molecule has 1 fully saturated rings. The summed E-state index contributed by atoms with van der Waals surface area (Å²) in [6, 6.07) is -0.507. The Morgan fingerprint density at radius 3 is 2.46 bits per heavy atom. The number of hydrogen-bond donors (Lipinski definition) is 1. The van der Waals surface area contributed by atoms with E-state index in [-0.39, 0.29) is 5.78 Å². The highest BCUT2D eigenvalue weighted by Crippen LogP contribution is 2.15. The molecule has 1 atom stereocenters. The maximum Gasteiger partial charge on any atom is 0.279 e. The lowest BCUT2D eigenvalue weighted by Crippen LogP contribution is -2.43. The molecule has 5 nitrogen and oxygen atoms in total. The first kappa shape index (κ1) is 10.6.